The lowest BCUT2D eigenvalue weighted by Crippen LogP contribution is -2.10. The molecule has 0 bridgehead atoms. The van der Waals surface area contributed by atoms with E-state index in [2.05, 4.69) is 15.8 Å². The van der Waals surface area contributed by atoms with Crippen LogP contribution in [0.1, 0.15) is 0 Å². The Kier molecular flexibility index (Phi) is 4.19. The summed E-state index contributed by atoms with van der Waals surface area (Å²) in [5.41, 5.74) is 2.94. The van der Waals surface area contributed by atoms with Gasteiger partial charge in [0.25, 0.3) is 0 Å². The van der Waals surface area contributed by atoms with Crippen molar-refractivity contribution in [3.05, 3.63) is 54.2 Å². The summed E-state index contributed by atoms with van der Waals surface area (Å²) in [6.07, 6.45) is 1.87. The van der Waals surface area contributed by atoms with Crippen LogP contribution in [0.25, 0.3) is 10.4 Å². The molecule has 4 nitrogen and oxygen atoms in total. The molecular weight excluding hydrogens is 328 g/mol. The van der Waals surface area contributed by atoms with Gasteiger partial charge in [0.2, 0.25) is 0 Å². The van der Waals surface area contributed by atoms with Gasteiger partial charge in [0.05, 0.1) is 15.3 Å². The van der Waals surface area contributed by atoms with Gasteiger partial charge >= 0.3 is 0 Å². The van der Waals surface area contributed by atoms with E-state index < -0.39 is 0 Å². The van der Waals surface area contributed by atoms with Crippen molar-refractivity contribution in [3.63, 3.8) is 0 Å². The molecule has 0 aliphatic carbocycles. The molecule has 0 spiro atoms. The van der Waals surface area contributed by atoms with Crippen LogP contribution in [0.5, 0.6) is 17.2 Å². The van der Waals surface area contributed by atoms with Gasteiger partial charge in [0.15, 0.2) is 0 Å². The average Bonchev–Trinajstić information content (AvgIpc) is 3.01. The molecule has 0 amide bonds. The predicted octanol–water partition coefficient (Wildman–Crippen LogP) is 4.59. The molecule has 2 aromatic carbocycles. The molecular formula is C17H14N2O2S2. The van der Waals surface area contributed by atoms with Crippen molar-refractivity contribution in [2.45, 2.75) is 4.90 Å². The van der Waals surface area contributed by atoms with E-state index in [1.54, 1.807) is 23.3 Å². The second kappa shape index (κ2) is 6.62. The third-order valence-corrected chi connectivity index (χ3v) is 5.06. The SMILES string of the molecule is c1cc(Oc2ccc3c(c2)SNCCO3)cc(-c2cncs2)c1. The molecule has 0 fully saturated rings. The monoisotopic (exact) mass is 342 g/mol. The van der Waals surface area contributed by atoms with E-state index in [1.807, 2.05) is 48.1 Å². The first-order valence-electron chi connectivity index (χ1n) is 7.22. The van der Waals surface area contributed by atoms with Gasteiger partial charge in [-0.3, -0.25) is 9.71 Å². The summed E-state index contributed by atoms with van der Waals surface area (Å²) in [6, 6.07) is 13.9. The summed E-state index contributed by atoms with van der Waals surface area (Å²) in [5, 5.41) is 0. The number of fused-ring (bicyclic) bond motifs is 1. The van der Waals surface area contributed by atoms with Gasteiger partial charge in [-0.05, 0) is 47.8 Å². The Morgan fingerprint density at radius 1 is 1.13 bits per heavy atom. The number of hydrogen-bond acceptors (Lipinski definition) is 6. The molecule has 0 unspecified atom stereocenters. The number of ether oxygens (including phenoxy) is 2. The lowest BCUT2D eigenvalue weighted by Gasteiger charge is -2.10. The summed E-state index contributed by atoms with van der Waals surface area (Å²) in [4.78, 5) is 6.29. The van der Waals surface area contributed by atoms with Gasteiger partial charge in [-0.2, -0.15) is 0 Å². The lowest BCUT2D eigenvalue weighted by molar-refractivity contribution is 0.320. The molecule has 0 saturated heterocycles. The van der Waals surface area contributed by atoms with Gasteiger partial charge in [-0.1, -0.05) is 12.1 Å². The van der Waals surface area contributed by atoms with Gasteiger partial charge < -0.3 is 9.47 Å². The number of hydrogen-bond donors (Lipinski definition) is 1. The van der Waals surface area contributed by atoms with E-state index in [0.717, 1.165) is 39.1 Å². The fourth-order valence-corrected chi connectivity index (χ4v) is 3.65. The van der Waals surface area contributed by atoms with E-state index in [0.29, 0.717) is 6.61 Å². The Morgan fingerprint density at radius 3 is 3.00 bits per heavy atom. The van der Waals surface area contributed by atoms with Gasteiger partial charge in [0, 0.05) is 12.7 Å². The summed E-state index contributed by atoms with van der Waals surface area (Å²) in [7, 11) is 0. The van der Waals surface area contributed by atoms with E-state index >= 15 is 0 Å². The summed E-state index contributed by atoms with van der Waals surface area (Å²) >= 11 is 3.19. The highest BCUT2D eigenvalue weighted by Crippen LogP contribution is 2.35. The van der Waals surface area contributed by atoms with Crippen LogP contribution in [0, 0.1) is 0 Å². The quantitative estimate of drug-likeness (QED) is 0.705. The summed E-state index contributed by atoms with van der Waals surface area (Å²) < 4.78 is 14.9. The summed E-state index contributed by atoms with van der Waals surface area (Å²) in [6.45, 7) is 1.50. The third kappa shape index (κ3) is 3.34. The van der Waals surface area contributed by atoms with Crippen molar-refractivity contribution in [1.82, 2.24) is 9.71 Å². The molecule has 1 aromatic heterocycles. The van der Waals surface area contributed by atoms with Crippen LogP contribution in [0.4, 0.5) is 0 Å². The normalized spacial score (nSPS) is 13.7. The van der Waals surface area contributed by atoms with Crippen molar-refractivity contribution in [2.75, 3.05) is 13.2 Å². The van der Waals surface area contributed by atoms with Crippen LogP contribution in [-0.4, -0.2) is 18.1 Å². The number of rotatable bonds is 3. The molecule has 0 radical (unpaired) electrons. The number of nitrogens with zero attached hydrogens (tertiary/aromatic N) is 1. The van der Waals surface area contributed by atoms with E-state index in [1.165, 1.54) is 0 Å². The highest BCUT2D eigenvalue weighted by molar-refractivity contribution is 7.97. The largest absolute Gasteiger partial charge is 0.491 e. The Labute approximate surface area is 142 Å². The van der Waals surface area contributed by atoms with Crippen molar-refractivity contribution < 1.29 is 9.47 Å². The maximum Gasteiger partial charge on any atom is 0.134 e. The zero-order valence-electron chi connectivity index (χ0n) is 12.2. The minimum Gasteiger partial charge on any atom is -0.491 e. The molecule has 3 aromatic rings. The van der Waals surface area contributed by atoms with Crippen LogP contribution in [0.2, 0.25) is 0 Å². The lowest BCUT2D eigenvalue weighted by atomic mass is 10.2. The Hall–Kier alpha value is -2.02. The number of aromatic nitrogens is 1. The maximum atomic E-state index is 6.01. The second-order valence-corrected chi connectivity index (χ2v) is 6.77. The van der Waals surface area contributed by atoms with Gasteiger partial charge in [-0.15, -0.1) is 11.3 Å². The van der Waals surface area contributed by atoms with Crippen LogP contribution in [-0.2, 0) is 0 Å². The van der Waals surface area contributed by atoms with E-state index in [9.17, 15) is 0 Å². The minimum atomic E-state index is 0.678. The molecule has 0 saturated carbocycles. The molecule has 23 heavy (non-hydrogen) atoms. The van der Waals surface area contributed by atoms with Crippen LogP contribution >= 0.6 is 23.3 Å². The maximum absolute atomic E-state index is 6.01. The highest BCUT2D eigenvalue weighted by atomic mass is 32.2. The Morgan fingerprint density at radius 2 is 2.09 bits per heavy atom. The fourth-order valence-electron chi connectivity index (χ4n) is 2.29. The Bertz CT molecular complexity index is 806. The minimum absolute atomic E-state index is 0.678. The standard InChI is InChI=1S/C17H14N2O2S2/c1-2-12(17-10-18-11-22-17)8-13(3-1)21-14-4-5-15-16(9-14)23-19-6-7-20-15/h1-5,8-11,19H,6-7H2. The molecule has 1 N–H and O–H groups in total. The van der Waals surface area contributed by atoms with Crippen LogP contribution in [0.15, 0.2) is 59.1 Å². The van der Waals surface area contributed by atoms with Crippen molar-refractivity contribution >= 4 is 23.3 Å². The van der Waals surface area contributed by atoms with Crippen LogP contribution < -0.4 is 14.2 Å². The summed E-state index contributed by atoms with van der Waals surface area (Å²) in [5.74, 6) is 2.50. The smallest absolute Gasteiger partial charge is 0.134 e. The molecule has 0 atom stereocenters. The van der Waals surface area contributed by atoms with Crippen molar-refractivity contribution in [2.24, 2.45) is 0 Å². The zero-order chi connectivity index (χ0) is 15.5. The zero-order valence-corrected chi connectivity index (χ0v) is 13.8. The molecule has 2 heterocycles. The Balaban J connectivity index is 1.58. The first kappa shape index (κ1) is 14.6. The molecule has 1 aliphatic rings. The van der Waals surface area contributed by atoms with Gasteiger partial charge in [-0.25, -0.2) is 0 Å². The van der Waals surface area contributed by atoms with E-state index in [4.69, 9.17) is 9.47 Å². The van der Waals surface area contributed by atoms with Crippen LogP contribution in [0.3, 0.4) is 0 Å². The molecule has 6 heteroatoms. The second-order valence-electron chi connectivity index (χ2n) is 4.95. The van der Waals surface area contributed by atoms with Gasteiger partial charge in [0.1, 0.15) is 23.9 Å². The first-order valence-corrected chi connectivity index (χ1v) is 8.91. The van der Waals surface area contributed by atoms with Crippen molar-refractivity contribution in [1.29, 1.82) is 0 Å². The molecule has 1 aliphatic heterocycles. The fraction of sp³-hybridized carbons (Fsp3) is 0.118. The number of benzene rings is 2. The first-order chi connectivity index (χ1) is 11.4. The average molecular weight is 342 g/mol. The molecule has 4 rings (SSSR count). The van der Waals surface area contributed by atoms with Crippen molar-refractivity contribution in [3.8, 4) is 27.7 Å². The number of nitrogens with one attached hydrogen (secondary N) is 1. The highest BCUT2D eigenvalue weighted by Gasteiger charge is 2.11. The predicted molar refractivity (Wildman–Crippen MR) is 93.4 cm³/mol. The van der Waals surface area contributed by atoms with E-state index in [-0.39, 0.29) is 0 Å². The topological polar surface area (TPSA) is 43.4 Å². The number of thiazole rings is 1. The third-order valence-electron chi connectivity index (χ3n) is 3.35. The molecule has 116 valence electrons.